The Morgan fingerprint density at radius 3 is 2.53 bits per heavy atom. The van der Waals surface area contributed by atoms with Crippen LogP contribution >= 0.6 is 0 Å². The molecule has 0 saturated heterocycles. The van der Waals surface area contributed by atoms with Crippen molar-refractivity contribution < 1.29 is 9.90 Å². The van der Waals surface area contributed by atoms with Crippen molar-refractivity contribution in [2.45, 2.75) is 63.9 Å². The molecule has 0 amide bonds. The summed E-state index contributed by atoms with van der Waals surface area (Å²) in [4.78, 5) is 11.0. The fourth-order valence-corrected chi connectivity index (χ4v) is 2.05. The van der Waals surface area contributed by atoms with Crippen molar-refractivity contribution in [3.63, 3.8) is 0 Å². The number of carbonyl (C=O) groups excluding carboxylic acids is 1. The van der Waals surface area contributed by atoms with Gasteiger partial charge in [-0.15, -0.1) is 0 Å². The predicted molar refractivity (Wildman–Crippen MR) is 61.7 cm³/mol. The number of aliphatic hydroxyl groups is 1. The van der Waals surface area contributed by atoms with Gasteiger partial charge in [0.1, 0.15) is 0 Å². The lowest BCUT2D eigenvalue weighted by Gasteiger charge is -2.18. The monoisotopic (exact) mass is 210 g/mol. The first kappa shape index (κ1) is 12.4. The lowest BCUT2D eigenvalue weighted by atomic mass is 9.95. The summed E-state index contributed by atoms with van der Waals surface area (Å²) in [5.74, 6) is 0.0588. The molecule has 0 bridgehead atoms. The highest BCUT2D eigenvalue weighted by atomic mass is 16.3. The van der Waals surface area contributed by atoms with E-state index >= 15 is 0 Å². The maximum Gasteiger partial charge on any atom is 0.158 e. The molecule has 0 heterocycles. The van der Waals surface area contributed by atoms with Crippen LogP contribution in [0.2, 0.25) is 0 Å². The molecule has 1 aliphatic rings. The van der Waals surface area contributed by atoms with Crippen molar-refractivity contribution >= 4 is 5.78 Å². The van der Waals surface area contributed by atoms with E-state index in [2.05, 4.69) is 6.92 Å². The Morgan fingerprint density at radius 2 is 1.93 bits per heavy atom. The molecule has 0 saturated carbocycles. The summed E-state index contributed by atoms with van der Waals surface area (Å²) < 4.78 is 0. The molecular weight excluding hydrogens is 188 g/mol. The van der Waals surface area contributed by atoms with Gasteiger partial charge >= 0.3 is 0 Å². The van der Waals surface area contributed by atoms with E-state index in [1.807, 2.05) is 0 Å². The standard InChI is InChI=1S/C13H22O2/c1-2-3-4-5-6-7-9-13(15)10-8-12(14)11-13/h8,10,15H,2-7,9,11H2,1H3. The van der Waals surface area contributed by atoms with Crippen LogP contribution in [-0.2, 0) is 4.79 Å². The van der Waals surface area contributed by atoms with E-state index in [4.69, 9.17) is 0 Å². The van der Waals surface area contributed by atoms with Gasteiger partial charge in [0.05, 0.1) is 5.60 Å². The normalized spacial score (nSPS) is 25.1. The van der Waals surface area contributed by atoms with Crippen LogP contribution in [0, 0.1) is 0 Å². The Labute approximate surface area is 92.4 Å². The number of rotatable bonds is 7. The van der Waals surface area contributed by atoms with Crippen molar-refractivity contribution in [1.82, 2.24) is 0 Å². The summed E-state index contributed by atoms with van der Waals surface area (Å²) >= 11 is 0. The smallest absolute Gasteiger partial charge is 0.158 e. The van der Waals surface area contributed by atoms with Crippen LogP contribution < -0.4 is 0 Å². The zero-order chi connectivity index (χ0) is 11.1. The van der Waals surface area contributed by atoms with Gasteiger partial charge in [0.25, 0.3) is 0 Å². The second-order valence-corrected chi connectivity index (χ2v) is 4.60. The van der Waals surface area contributed by atoms with Crippen molar-refractivity contribution in [2.24, 2.45) is 0 Å². The molecule has 2 heteroatoms. The third-order valence-corrected chi connectivity index (χ3v) is 3.02. The van der Waals surface area contributed by atoms with Crippen LogP contribution in [0.25, 0.3) is 0 Å². The number of carbonyl (C=O) groups is 1. The van der Waals surface area contributed by atoms with E-state index in [1.165, 1.54) is 38.2 Å². The molecule has 0 fully saturated rings. The molecule has 0 aromatic carbocycles. The molecule has 1 atom stereocenters. The number of allylic oxidation sites excluding steroid dienone is 1. The molecule has 1 aliphatic carbocycles. The van der Waals surface area contributed by atoms with Gasteiger partial charge in [0, 0.05) is 6.42 Å². The Hall–Kier alpha value is -0.630. The van der Waals surface area contributed by atoms with Gasteiger partial charge in [-0.1, -0.05) is 45.4 Å². The van der Waals surface area contributed by atoms with Gasteiger partial charge in [0.2, 0.25) is 0 Å². The highest BCUT2D eigenvalue weighted by molar-refractivity contribution is 5.93. The molecule has 1 N–H and O–H groups in total. The summed E-state index contributed by atoms with van der Waals surface area (Å²) in [6.45, 7) is 2.21. The van der Waals surface area contributed by atoms with E-state index in [0.717, 1.165) is 12.8 Å². The van der Waals surface area contributed by atoms with Gasteiger partial charge in [0.15, 0.2) is 5.78 Å². The van der Waals surface area contributed by atoms with Gasteiger partial charge < -0.3 is 5.11 Å². The Morgan fingerprint density at radius 1 is 1.27 bits per heavy atom. The minimum atomic E-state index is -0.818. The maximum absolute atomic E-state index is 11.0. The second-order valence-electron chi connectivity index (χ2n) is 4.60. The minimum absolute atomic E-state index is 0.0588. The fourth-order valence-electron chi connectivity index (χ4n) is 2.05. The first-order valence-corrected chi connectivity index (χ1v) is 6.11. The van der Waals surface area contributed by atoms with E-state index in [0.29, 0.717) is 6.42 Å². The molecule has 0 aliphatic heterocycles. The highest BCUT2D eigenvalue weighted by Gasteiger charge is 2.30. The van der Waals surface area contributed by atoms with Gasteiger partial charge in [-0.25, -0.2) is 0 Å². The molecule has 86 valence electrons. The molecule has 0 spiro atoms. The van der Waals surface area contributed by atoms with Gasteiger partial charge in [-0.05, 0) is 18.6 Å². The molecular formula is C13H22O2. The molecule has 0 radical (unpaired) electrons. The number of hydrogen-bond acceptors (Lipinski definition) is 2. The summed E-state index contributed by atoms with van der Waals surface area (Å²) in [5.41, 5.74) is -0.818. The van der Waals surface area contributed by atoms with E-state index < -0.39 is 5.60 Å². The van der Waals surface area contributed by atoms with Crippen LogP contribution in [-0.4, -0.2) is 16.5 Å². The number of ketones is 1. The third kappa shape index (κ3) is 4.61. The fraction of sp³-hybridized carbons (Fsp3) is 0.769. The van der Waals surface area contributed by atoms with Crippen LogP contribution in [0.5, 0.6) is 0 Å². The van der Waals surface area contributed by atoms with Crippen molar-refractivity contribution in [2.75, 3.05) is 0 Å². The molecule has 0 aromatic heterocycles. The topological polar surface area (TPSA) is 37.3 Å². The van der Waals surface area contributed by atoms with E-state index in [-0.39, 0.29) is 5.78 Å². The summed E-state index contributed by atoms with van der Waals surface area (Å²) in [6, 6.07) is 0. The predicted octanol–water partition coefficient (Wildman–Crippen LogP) is 3.00. The number of hydrogen-bond donors (Lipinski definition) is 1. The van der Waals surface area contributed by atoms with Gasteiger partial charge in [-0.3, -0.25) is 4.79 Å². The van der Waals surface area contributed by atoms with Crippen LogP contribution in [0.1, 0.15) is 58.3 Å². The average molecular weight is 210 g/mol. The molecule has 15 heavy (non-hydrogen) atoms. The zero-order valence-electron chi connectivity index (χ0n) is 9.67. The number of unbranched alkanes of at least 4 members (excludes halogenated alkanes) is 5. The van der Waals surface area contributed by atoms with Crippen molar-refractivity contribution in [3.8, 4) is 0 Å². The van der Waals surface area contributed by atoms with Gasteiger partial charge in [-0.2, -0.15) is 0 Å². The Balaban J connectivity index is 2.05. The molecule has 0 aromatic rings. The van der Waals surface area contributed by atoms with Crippen molar-refractivity contribution in [3.05, 3.63) is 12.2 Å². The third-order valence-electron chi connectivity index (χ3n) is 3.02. The molecule has 2 nitrogen and oxygen atoms in total. The summed E-state index contributed by atoms with van der Waals surface area (Å²) in [7, 11) is 0. The van der Waals surface area contributed by atoms with E-state index in [1.54, 1.807) is 6.08 Å². The summed E-state index contributed by atoms with van der Waals surface area (Å²) in [5, 5.41) is 9.96. The first-order chi connectivity index (χ1) is 7.16. The van der Waals surface area contributed by atoms with Crippen molar-refractivity contribution in [1.29, 1.82) is 0 Å². The molecule has 1 unspecified atom stereocenters. The SMILES string of the molecule is CCCCCCCCC1(O)C=CC(=O)C1. The lowest BCUT2D eigenvalue weighted by molar-refractivity contribution is -0.116. The second kappa shape index (κ2) is 6.06. The minimum Gasteiger partial charge on any atom is -0.385 e. The maximum atomic E-state index is 11.0. The zero-order valence-corrected chi connectivity index (χ0v) is 9.67. The van der Waals surface area contributed by atoms with Crippen LogP contribution in [0.3, 0.4) is 0 Å². The average Bonchev–Trinajstić information content (AvgIpc) is 2.53. The first-order valence-electron chi connectivity index (χ1n) is 6.11. The van der Waals surface area contributed by atoms with E-state index in [9.17, 15) is 9.90 Å². The Bertz CT molecular complexity index is 233. The summed E-state index contributed by atoms with van der Waals surface area (Å²) in [6.07, 6.45) is 11.5. The quantitative estimate of drug-likeness (QED) is 0.656. The molecule has 1 rings (SSSR count). The van der Waals surface area contributed by atoms with Crippen LogP contribution in [0.4, 0.5) is 0 Å². The lowest BCUT2D eigenvalue weighted by Crippen LogP contribution is -2.24. The largest absolute Gasteiger partial charge is 0.385 e. The Kier molecular flexibility index (Phi) is 5.03. The highest BCUT2D eigenvalue weighted by Crippen LogP contribution is 2.26. The van der Waals surface area contributed by atoms with Crippen LogP contribution in [0.15, 0.2) is 12.2 Å².